The maximum absolute atomic E-state index is 12.7. The van der Waals surface area contributed by atoms with E-state index in [1.54, 1.807) is 18.2 Å². The maximum Gasteiger partial charge on any atom is 0.259 e. The Morgan fingerprint density at radius 2 is 1.88 bits per heavy atom. The van der Waals surface area contributed by atoms with Gasteiger partial charge in [0.2, 0.25) is 0 Å². The van der Waals surface area contributed by atoms with E-state index in [0.717, 1.165) is 28.6 Å². The van der Waals surface area contributed by atoms with E-state index < -0.39 is 0 Å². The fraction of sp³-hybridized carbons (Fsp3) is 0.286. The second kappa shape index (κ2) is 10.0. The zero-order chi connectivity index (χ0) is 18.9. The first-order chi connectivity index (χ1) is 12.5. The molecule has 2 aromatic carbocycles. The molecule has 0 aliphatic carbocycles. The van der Waals surface area contributed by atoms with Crippen molar-refractivity contribution in [2.75, 3.05) is 18.5 Å². The number of unbranched alkanes of at least 4 members (excludes halogenated alkanes) is 1. The van der Waals surface area contributed by atoms with Gasteiger partial charge in [0, 0.05) is 10.2 Å². The van der Waals surface area contributed by atoms with Crippen molar-refractivity contribution >= 4 is 27.5 Å². The van der Waals surface area contributed by atoms with Crippen LogP contribution in [0.25, 0.3) is 0 Å². The first-order valence-corrected chi connectivity index (χ1v) is 9.40. The third kappa shape index (κ3) is 6.23. The number of ether oxygens (including phenoxy) is 2. The normalized spacial score (nSPS) is 10.3. The number of hydrogen-bond donors (Lipinski definition) is 1. The van der Waals surface area contributed by atoms with Crippen molar-refractivity contribution in [3.05, 3.63) is 64.7 Å². The highest BCUT2D eigenvalue weighted by Gasteiger charge is 2.14. The molecule has 0 aromatic heterocycles. The Morgan fingerprint density at radius 1 is 1.15 bits per heavy atom. The largest absolute Gasteiger partial charge is 0.493 e. The molecule has 0 fully saturated rings. The lowest BCUT2D eigenvalue weighted by molar-refractivity contribution is 0.102. The fourth-order valence-corrected chi connectivity index (χ4v) is 2.53. The van der Waals surface area contributed by atoms with Crippen molar-refractivity contribution in [3.63, 3.8) is 0 Å². The quantitative estimate of drug-likeness (QED) is 0.411. The predicted molar refractivity (Wildman–Crippen MR) is 109 cm³/mol. The first-order valence-electron chi connectivity index (χ1n) is 8.60. The molecule has 1 amide bonds. The summed E-state index contributed by atoms with van der Waals surface area (Å²) in [4.78, 5) is 12.7. The molecule has 2 rings (SSSR count). The number of carbonyl (C=O) groups is 1. The van der Waals surface area contributed by atoms with Crippen LogP contribution in [0, 0.1) is 0 Å². The van der Waals surface area contributed by atoms with E-state index >= 15 is 0 Å². The van der Waals surface area contributed by atoms with Gasteiger partial charge in [-0.3, -0.25) is 4.79 Å². The average molecular weight is 418 g/mol. The van der Waals surface area contributed by atoms with Crippen LogP contribution in [0.3, 0.4) is 0 Å². The third-order valence-corrected chi connectivity index (χ3v) is 4.03. The van der Waals surface area contributed by atoms with Crippen LogP contribution in [-0.4, -0.2) is 19.1 Å². The highest BCUT2D eigenvalue weighted by Crippen LogP contribution is 2.25. The van der Waals surface area contributed by atoms with Crippen LogP contribution in [0.4, 0.5) is 5.69 Å². The molecule has 0 bridgehead atoms. The second-order valence-electron chi connectivity index (χ2n) is 6.07. The van der Waals surface area contributed by atoms with Crippen LogP contribution < -0.4 is 14.8 Å². The fourth-order valence-electron chi connectivity index (χ4n) is 2.17. The lowest BCUT2D eigenvalue weighted by atomic mass is 10.1. The number of rotatable bonds is 9. The van der Waals surface area contributed by atoms with Crippen LogP contribution in [0.1, 0.15) is 37.0 Å². The number of carbonyl (C=O) groups excluding carboxylic acids is 1. The monoisotopic (exact) mass is 417 g/mol. The van der Waals surface area contributed by atoms with Crippen molar-refractivity contribution < 1.29 is 14.3 Å². The minimum atomic E-state index is -0.214. The molecule has 0 saturated heterocycles. The van der Waals surface area contributed by atoms with Gasteiger partial charge in [0.25, 0.3) is 5.91 Å². The van der Waals surface area contributed by atoms with Gasteiger partial charge in [-0.15, -0.1) is 0 Å². The van der Waals surface area contributed by atoms with Gasteiger partial charge in [-0.25, -0.2) is 0 Å². The molecule has 0 saturated carbocycles. The van der Waals surface area contributed by atoms with E-state index in [1.807, 2.05) is 31.2 Å². The number of nitrogens with one attached hydrogen (secondary N) is 1. The first kappa shape index (κ1) is 20.0. The van der Waals surface area contributed by atoms with E-state index in [2.05, 4.69) is 34.7 Å². The summed E-state index contributed by atoms with van der Waals surface area (Å²) >= 11 is 3.41. The van der Waals surface area contributed by atoms with Crippen molar-refractivity contribution in [2.45, 2.75) is 26.7 Å². The van der Waals surface area contributed by atoms with Crippen LogP contribution in [0.15, 0.2) is 59.1 Å². The van der Waals surface area contributed by atoms with Crippen molar-refractivity contribution in [2.24, 2.45) is 0 Å². The van der Waals surface area contributed by atoms with Gasteiger partial charge in [-0.05, 0) is 61.4 Å². The highest BCUT2D eigenvalue weighted by molar-refractivity contribution is 9.10. The molecule has 0 heterocycles. The van der Waals surface area contributed by atoms with Crippen LogP contribution in [-0.2, 0) is 0 Å². The molecular weight excluding hydrogens is 394 g/mol. The summed E-state index contributed by atoms with van der Waals surface area (Å²) in [5, 5.41) is 2.90. The number of anilines is 1. The molecule has 2 aromatic rings. The van der Waals surface area contributed by atoms with Crippen LogP contribution in [0.2, 0.25) is 0 Å². The minimum absolute atomic E-state index is 0.214. The Hall–Kier alpha value is -2.27. The molecule has 1 N–H and O–H groups in total. The molecule has 0 radical (unpaired) electrons. The zero-order valence-electron chi connectivity index (χ0n) is 15.2. The SMILES string of the molecule is C=C(C)COc1ccc(NC(=O)c2cc(Br)ccc2OCCCC)cc1. The van der Waals surface area contributed by atoms with E-state index in [0.29, 0.717) is 30.2 Å². The molecule has 26 heavy (non-hydrogen) atoms. The lowest BCUT2D eigenvalue weighted by Crippen LogP contribution is -2.14. The standard InChI is InChI=1S/C21H24BrNO3/c1-4-5-12-25-20-11-6-16(22)13-19(20)21(24)23-17-7-9-18(10-8-17)26-14-15(2)3/h6-11,13H,2,4-5,12,14H2,1,3H3,(H,23,24). The Labute approximate surface area is 163 Å². The molecule has 0 aliphatic rings. The maximum atomic E-state index is 12.7. The minimum Gasteiger partial charge on any atom is -0.493 e. The molecule has 0 atom stereocenters. The summed E-state index contributed by atoms with van der Waals surface area (Å²) in [7, 11) is 0. The summed E-state index contributed by atoms with van der Waals surface area (Å²) in [6.07, 6.45) is 1.99. The Bertz CT molecular complexity index is 756. The number of amides is 1. The van der Waals surface area contributed by atoms with Crippen molar-refractivity contribution in [1.82, 2.24) is 0 Å². The van der Waals surface area contributed by atoms with Crippen LogP contribution >= 0.6 is 15.9 Å². The second-order valence-corrected chi connectivity index (χ2v) is 6.98. The summed E-state index contributed by atoms with van der Waals surface area (Å²) in [5.41, 5.74) is 2.14. The van der Waals surface area contributed by atoms with Gasteiger partial charge in [-0.1, -0.05) is 35.9 Å². The van der Waals surface area contributed by atoms with Gasteiger partial charge in [0.1, 0.15) is 18.1 Å². The predicted octanol–water partition coefficient (Wildman–Crippen LogP) is 5.84. The topological polar surface area (TPSA) is 47.6 Å². The number of benzene rings is 2. The van der Waals surface area contributed by atoms with Crippen LogP contribution in [0.5, 0.6) is 11.5 Å². The number of halogens is 1. The summed E-state index contributed by atoms with van der Waals surface area (Å²) < 4.78 is 12.1. The smallest absolute Gasteiger partial charge is 0.259 e. The third-order valence-electron chi connectivity index (χ3n) is 3.54. The van der Waals surface area contributed by atoms with Crippen molar-refractivity contribution in [3.8, 4) is 11.5 Å². The van der Waals surface area contributed by atoms with E-state index in [9.17, 15) is 4.79 Å². The van der Waals surface area contributed by atoms with Gasteiger partial charge in [-0.2, -0.15) is 0 Å². The Balaban J connectivity index is 2.06. The summed E-state index contributed by atoms with van der Waals surface area (Å²) in [5.74, 6) is 1.10. The Kier molecular flexibility index (Phi) is 7.73. The Morgan fingerprint density at radius 3 is 2.54 bits per heavy atom. The average Bonchev–Trinajstić information content (AvgIpc) is 2.62. The van der Waals surface area contributed by atoms with E-state index in [4.69, 9.17) is 9.47 Å². The van der Waals surface area contributed by atoms with Crippen molar-refractivity contribution in [1.29, 1.82) is 0 Å². The summed E-state index contributed by atoms with van der Waals surface area (Å²) in [6.45, 7) is 8.88. The molecule has 138 valence electrons. The molecule has 0 unspecified atom stereocenters. The van der Waals surface area contributed by atoms with Gasteiger partial charge >= 0.3 is 0 Å². The van der Waals surface area contributed by atoms with Gasteiger partial charge < -0.3 is 14.8 Å². The van der Waals surface area contributed by atoms with E-state index in [1.165, 1.54) is 0 Å². The van der Waals surface area contributed by atoms with Gasteiger partial charge in [0.15, 0.2) is 0 Å². The lowest BCUT2D eigenvalue weighted by Gasteiger charge is -2.12. The van der Waals surface area contributed by atoms with Gasteiger partial charge in [0.05, 0.1) is 12.2 Å². The molecule has 5 heteroatoms. The van der Waals surface area contributed by atoms with E-state index in [-0.39, 0.29) is 5.91 Å². The molecule has 0 aliphatic heterocycles. The number of hydrogen-bond acceptors (Lipinski definition) is 3. The zero-order valence-corrected chi connectivity index (χ0v) is 16.8. The molecule has 0 spiro atoms. The highest BCUT2D eigenvalue weighted by atomic mass is 79.9. The summed E-state index contributed by atoms with van der Waals surface area (Å²) in [6, 6.07) is 12.7. The molecule has 4 nitrogen and oxygen atoms in total. The molecular formula is C21H24BrNO3.